The molecule has 1 aromatic carbocycles. The fourth-order valence-corrected chi connectivity index (χ4v) is 2.86. The van der Waals surface area contributed by atoms with Crippen LogP contribution in [0.3, 0.4) is 0 Å². The van der Waals surface area contributed by atoms with Crippen LogP contribution in [0.5, 0.6) is 0 Å². The number of nitrogens with one attached hydrogen (secondary N) is 1. The van der Waals surface area contributed by atoms with Gasteiger partial charge in [-0.05, 0) is 24.3 Å². The molecular formula is C13H14FN3O2S. The Labute approximate surface area is 116 Å². The number of benzene rings is 1. The van der Waals surface area contributed by atoms with Crippen molar-refractivity contribution in [1.29, 1.82) is 0 Å². The molecule has 5 nitrogen and oxygen atoms in total. The van der Waals surface area contributed by atoms with Crippen molar-refractivity contribution in [2.24, 2.45) is 0 Å². The number of sulfonamides is 1. The second-order valence-electron chi connectivity index (χ2n) is 4.12. The van der Waals surface area contributed by atoms with E-state index in [1.807, 2.05) is 6.07 Å². The average Bonchev–Trinajstić information content (AvgIpc) is 2.42. The van der Waals surface area contributed by atoms with Gasteiger partial charge in [-0.15, -0.1) is 0 Å². The Morgan fingerprint density at radius 3 is 2.70 bits per heavy atom. The molecule has 0 saturated carbocycles. The highest BCUT2D eigenvalue weighted by Gasteiger charge is 2.18. The molecule has 2 rings (SSSR count). The molecule has 20 heavy (non-hydrogen) atoms. The fraction of sp³-hybridized carbons (Fsp3) is 0.154. The quantitative estimate of drug-likeness (QED) is 0.815. The summed E-state index contributed by atoms with van der Waals surface area (Å²) in [6.45, 7) is 0.162. The topological polar surface area (TPSA) is 85.1 Å². The molecule has 0 bridgehead atoms. The predicted octanol–water partition coefficient (Wildman–Crippen LogP) is 1.32. The molecule has 106 valence electrons. The van der Waals surface area contributed by atoms with Gasteiger partial charge in [-0.2, -0.15) is 0 Å². The average molecular weight is 295 g/mol. The number of nitrogens with zero attached hydrogens (tertiary/aromatic N) is 1. The van der Waals surface area contributed by atoms with Crippen molar-refractivity contribution in [2.45, 2.75) is 11.3 Å². The van der Waals surface area contributed by atoms with E-state index in [0.717, 1.165) is 11.8 Å². The van der Waals surface area contributed by atoms with Crippen molar-refractivity contribution in [3.05, 3.63) is 54.1 Å². The normalized spacial score (nSPS) is 11.4. The van der Waals surface area contributed by atoms with Gasteiger partial charge in [-0.3, -0.25) is 4.98 Å². The summed E-state index contributed by atoms with van der Waals surface area (Å²) in [5.41, 5.74) is 5.83. The second kappa shape index (κ2) is 5.98. The maximum atomic E-state index is 13.3. The van der Waals surface area contributed by atoms with E-state index in [2.05, 4.69) is 9.71 Å². The zero-order valence-electron chi connectivity index (χ0n) is 10.6. The number of nitrogens with two attached hydrogens (primary N) is 1. The van der Waals surface area contributed by atoms with Gasteiger partial charge < -0.3 is 5.73 Å². The van der Waals surface area contributed by atoms with Gasteiger partial charge in [0.05, 0.1) is 5.69 Å². The molecule has 0 aliphatic rings. The summed E-state index contributed by atoms with van der Waals surface area (Å²) in [4.78, 5) is 3.83. The first kappa shape index (κ1) is 14.4. The van der Waals surface area contributed by atoms with Gasteiger partial charge >= 0.3 is 0 Å². The molecule has 0 aliphatic carbocycles. The highest BCUT2D eigenvalue weighted by Crippen LogP contribution is 2.20. The zero-order chi connectivity index (χ0) is 14.6. The first-order valence-electron chi connectivity index (χ1n) is 5.94. The van der Waals surface area contributed by atoms with Crippen molar-refractivity contribution in [3.8, 4) is 0 Å². The van der Waals surface area contributed by atoms with Crippen molar-refractivity contribution in [3.63, 3.8) is 0 Å². The van der Waals surface area contributed by atoms with E-state index in [1.165, 1.54) is 12.1 Å². The zero-order valence-corrected chi connectivity index (χ0v) is 11.4. The van der Waals surface area contributed by atoms with Gasteiger partial charge in [0.25, 0.3) is 0 Å². The monoisotopic (exact) mass is 295 g/mol. The Bertz CT molecular complexity index is 690. The van der Waals surface area contributed by atoms with Crippen LogP contribution in [0.25, 0.3) is 0 Å². The lowest BCUT2D eigenvalue weighted by Crippen LogP contribution is -2.27. The Balaban J connectivity index is 2.06. The molecule has 0 fully saturated rings. The standard InChI is InChI=1S/C13H14FN3O2S/c14-11-5-3-6-12(13(11)15)20(18,19)17-9-7-10-4-1-2-8-16-10/h1-6,8,17H,7,9,15H2. The molecule has 0 spiro atoms. The fourth-order valence-electron chi connectivity index (χ4n) is 1.69. The second-order valence-corrected chi connectivity index (χ2v) is 5.86. The van der Waals surface area contributed by atoms with E-state index in [9.17, 15) is 12.8 Å². The Morgan fingerprint density at radius 1 is 1.20 bits per heavy atom. The van der Waals surface area contributed by atoms with Crippen LogP contribution in [-0.4, -0.2) is 19.9 Å². The number of nitrogen functional groups attached to an aromatic ring is 1. The van der Waals surface area contributed by atoms with E-state index >= 15 is 0 Å². The largest absolute Gasteiger partial charge is 0.395 e. The molecule has 0 unspecified atom stereocenters. The molecule has 0 amide bonds. The summed E-state index contributed by atoms with van der Waals surface area (Å²) >= 11 is 0. The smallest absolute Gasteiger partial charge is 0.242 e. The van der Waals surface area contributed by atoms with E-state index in [4.69, 9.17) is 5.73 Å². The molecular weight excluding hydrogens is 281 g/mol. The number of aromatic nitrogens is 1. The highest BCUT2D eigenvalue weighted by molar-refractivity contribution is 7.89. The summed E-state index contributed by atoms with van der Waals surface area (Å²) < 4.78 is 39.7. The van der Waals surface area contributed by atoms with Crippen molar-refractivity contribution in [2.75, 3.05) is 12.3 Å². The number of pyridine rings is 1. The molecule has 0 aliphatic heterocycles. The van der Waals surface area contributed by atoms with Crippen LogP contribution in [0, 0.1) is 5.82 Å². The van der Waals surface area contributed by atoms with Crippen molar-refractivity contribution >= 4 is 15.7 Å². The third kappa shape index (κ3) is 3.31. The van der Waals surface area contributed by atoms with Gasteiger partial charge in [0.15, 0.2) is 0 Å². The number of anilines is 1. The first-order chi connectivity index (χ1) is 9.50. The van der Waals surface area contributed by atoms with Gasteiger partial charge in [0, 0.05) is 24.9 Å². The Morgan fingerprint density at radius 2 is 2.00 bits per heavy atom. The van der Waals surface area contributed by atoms with Gasteiger partial charge in [-0.1, -0.05) is 12.1 Å². The van der Waals surface area contributed by atoms with Crippen LogP contribution in [0.1, 0.15) is 5.69 Å². The third-order valence-electron chi connectivity index (χ3n) is 2.70. The van der Waals surface area contributed by atoms with Gasteiger partial charge in [-0.25, -0.2) is 17.5 Å². The molecule has 2 aromatic rings. The summed E-state index contributed by atoms with van der Waals surface area (Å²) in [5, 5.41) is 0. The maximum absolute atomic E-state index is 13.3. The first-order valence-corrected chi connectivity index (χ1v) is 7.42. The van der Waals surface area contributed by atoms with E-state index < -0.39 is 15.8 Å². The van der Waals surface area contributed by atoms with Crippen LogP contribution in [0.4, 0.5) is 10.1 Å². The lowest BCUT2D eigenvalue weighted by atomic mass is 10.3. The molecule has 0 atom stereocenters. The molecule has 0 radical (unpaired) electrons. The Kier molecular flexibility index (Phi) is 4.31. The minimum Gasteiger partial charge on any atom is -0.395 e. The summed E-state index contributed by atoms with van der Waals surface area (Å²) in [5.74, 6) is -0.752. The molecule has 3 N–H and O–H groups in total. The van der Waals surface area contributed by atoms with Crippen molar-refractivity contribution in [1.82, 2.24) is 9.71 Å². The predicted molar refractivity (Wildman–Crippen MR) is 73.9 cm³/mol. The third-order valence-corrected chi connectivity index (χ3v) is 4.22. The number of rotatable bonds is 5. The van der Waals surface area contributed by atoms with Crippen LogP contribution < -0.4 is 10.5 Å². The number of para-hydroxylation sites is 1. The SMILES string of the molecule is Nc1c(F)cccc1S(=O)(=O)NCCc1ccccn1. The lowest BCUT2D eigenvalue weighted by Gasteiger charge is -2.09. The summed E-state index contributed by atoms with van der Waals surface area (Å²) in [6, 6.07) is 9.08. The number of halogens is 1. The number of hydrogen-bond donors (Lipinski definition) is 2. The van der Waals surface area contributed by atoms with Gasteiger partial charge in [0.2, 0.25) is 10.0 Å². The minimum absolute atomic E-state index is 0.162. The van der Waals surface area contributed by atoms with Gasteiger partial charge in [0.1, 0.15) is 10.7 Å². The molecule has 0 saturated heterocycles. The highest BCUT2D eigenvalue weighted by atomic mass is 32.2. The van der Waals surface area contributed by atoms with Crippen LogP contribution in [0.2, 0.25) is 0 Å². The van der Waals surface area contributed by atoms with Crippen molar-refractivity contribution < 1.29 is 12.8 Å². The van der Waals surface area contributed by atoms with Crippen LogP contribution in [-0.2, 0) is 16.4 Å². The van der Waals surface area contributed by atoms with E-state index in [0.29, 0.717) is 6.42 Å². The number of hydrogen-bond acceptors (Lipinski definition) is 4. The molecule has 7 heteroatoms. The molecule has 1 heterocycles. The summed E-state index contributed by atoms with van der Waals surface area (Å²) in [6.07, 6.45) is 2.07. The Hall–Kier alpha value is -1.99. The van der Waals surface area contributed by atoms with E-state index in [-0.39, 0.29) is 17.1 Å². The van der Waals surface area contributed by atoms with Crippen LogP contribution >= 0.6 is 0 Å². The van der Waals surface area contributed by atoms with E-state index in [1.54, 1.807) is 18.3 Å². The lowest BCUT2D eigenvalue weighted by molar-refractivity contribution is 0.579. The maximum Gasteiger partial charge on any atom is 0.242 e. The summed E-state index contributed by atoms with van der Waals surface area (Å²) in [7, 11) is -3.83. The molecule has 1 aromatic heterocycles. The minimum atomic E-state index is -3.83. The van der Waals surface area contributed by atoms with Crippen LogP contribution in [0.15, 0.2) is 47.5 Å².